The van der Waals surface area contributed by atoms with Gasteiger partial charge >= 0.3 is 5.97 Å². The molecule has 0 saturated carbocycles. The number of nitrogens with zero attached hydrogens (tertiary/aromatic N) is 1. The lowest BCUT2D eigenvalue weighted by Crippen LogP contribution is -2.35. The van der Waals surface area contributed by atoms with Crippen molar-refractivity contribution in [3.63, 3.8) is 0 Å². The maximum atomic E-state index is 12.9. The SMILES string of the molecule is CCOC(=O)[C@@H]1CN(C(=O)COc2ccccc2)[C@H]2c3ccccc3O[C@@H]12. The molecule has 27 heavy (non-hydrogen) atoms. The Labute approximate surface area is 157 Å². The van der Waals surface area contributed by atoms with Gasteiger partial charge in [0.15, 0.2) is 6.61 Å². The highest BCUT2D eigenvalue weighted by atomic mass is 16.5. The number of amides is 1. The van der Waals surface area contributed by atoms with Crippen LogP contribution in [0.4, 0.5) is 0 Å². The maximum absolute atomic E-state index is 12.9. The van der Waals surface area contributed by atoms with Gasteiger partial charge in [-0.25, -0.2) is 0 Å². The number of carbonyl (C=O) groups excluding carboxylic acids is 2. The lowest BCUT2D eigenvalue weighted by molar-refractivity contribution is -0.149. The summed E-state index contributed by atoms with van der Waals surface area (Å²) in [5.74, 6) is 0.318. The smallest absolute Gasteiger partial charge is 0.314 e. The normalized spacial score (nSPS) is 22.6. The molecule has 6 heteroatoms. The van der Waals surface area contributed by atoms with Gasteiger partial charge in [-0.05, 0) is 25.1 Å². The molecule has 2 aliphatic rings. The van der Waals surface area contributed by atoms with Crippen molar-refractivity contribution in [1.82, 2.24) is 4.90 Å². The highest BCUT2D eigenvalue weighted by molar-refractivity contribution is 5.82. The Kier molecular flexibility index (Phi) is 4.71. The zero-order chi connectivity index (χ0) is 18.8. The fourth-order valence-corrected chi connectivity index (χ4v) is 3.76. The van der Waals surface area contributed by atoms with Crippen LogP contribution in [0.25, 0.3) is 0 Å². The van der Waals surface area contributed by atoms with Crippen LogP contribution in [-0.4, -0.2) is 42.6 Å². The van der Waals surface area contributed by atoms with E-state index in [0.29, 0.717) is 18.1 Å². The third-order valence-electron chi connectivity index (χ3n) is 4.95. The Hall–Kier alpha value is -3.02. The fraction of sp³-hybridized carbons (Fsp3) is 0.333. The highest BCUT2D eigenvalue weighted by Gasteiger charge is 2.54. The van der Waals surface area contributed by atoms with Crippen molar-refractivity contribution in [3.8, 4) is 11.5 Å². The van der Waals surface area contributed by atoms with E-state index in [0.717, 1.165) is 5.56 Å². The van der Waals surface area contributed by atoms with Gasteiger partial charge in [-0.2, -0.15) is 0 Å². The number of carbonyl (C=O) groups is 2. The van der Waals surface area contributed by atoms with Gasteiger partial charge in [0.1, 0.15) is 23.5 Å². The summed E-state index contributed by atoms with van der Waals surface area (Å²) in [5.41, 5.74) is 0.919. The van der Waals surface area contributed by atoms with Crippen molar-refractivity contribution in [1.29, 1.82) is 0 Å². The van der Waals surface area contributed by atoms with Crippen LogP contribution in [0, 0.1) is 5.92 Å². The number of esters is 1. The molecule has 0 aromatic heterocycles. The Morgan fingerprint density at radius 3 is 2.63 bits per heavy atom. The van der Waals surface area contributed by atoms with E-state index in [2.05, 4.69) is 0 Å². The third-order valence-corrected chi connectivity index (χ3v) is 4.95. The lowest BCUT2D eigenvalue weighted by Gasteiger charge is -2.23. The maximum Gasteiger partial charge on any atom is 0.314 e. The summed E-state index contributed by atoms with van der Waals surface area (Å²) in [5, 5.41) is 0. The Morgan fingerprint density at radius 2 is 1.85 bits per heavy atom. The largest absolute Gasteiger partial charge is 0.487 e. The molecule has 6 nitrogen and oxygen atoms in total. The third kappa shape index (κ3) is 3.23. The van der Waals surface area contributed by atoms with Gasteiger partial charge in [0.05, 0.1) is 12.6 Å². The molecule has 1 amide bonds. The molecular weight excluding hydrogens is 346 g/mol. The summed E-state index contributed by atoms with van der Waals surface area (Å²) >= 11 is 0. The van der Waals surface area contributed by atoms with Crippen LogP contribution in [-0.2, 0) is 14.3 Å². The number of likely N-dealkylation sites (tertiary alicyclic amines) is 1. The summed E-state index contributed by atoms with van der Waals surface area (Å²) in [6, 6.07) is 16.5. The van der Waals surface area contributed by atoms with Crippen molar-refractivity contribution < 1.29 is 23.8 Å². The van der Waals surface area contributed by atoms with E-state index in [9.17, 15) is 9.59 Å². The van der Waals surface area contributed by atoms with Crippen LogP contribution in [0.2, 0.25) is 0 Å². The molecule has 2 aromatic carbocycles. The number of ether oxygens (including phenoxy) is 3. The minimum Gasteiger partial charge on any atom is -0.487 e. The first kappa shape index (κ1) is 17.4. The molecule has 0 aliphatic carbocycles. The molecule has 0 bridgehead atoms. The minimum absolute atomic E-state index is 0.0923. The van der Waals surface area contributed by atoms with Gasteiger partial charge in [0, 0.05) is 12.1 Å². The second-order valence-corrected chi connectivity index (χ2v) is 6.57. The van der Waals surface area contributed by atoms with Crippen molar-refractivity contribution in [3.05, 3.63) is 60.2 Å². The van der Waals surface area contributed by atoms with Gasteiger partial charge < -0.3 is 19.1 Å². The molecular formula is C21H21NO5. The van der Waals surface area contributed by atoms with Gasteiger partial charge in [-0.15, -0.1) is 0 Å². The second-order valence-electron chi connectivity index (χ2n) is 6.57. The predicted molar refractivity (Wildman–Crippen MR) is 97.4 cm³/mol. The molecule has 2 aliphatic heterocycles. The molecule has 1 fully saturated rings. The van der Waals surface area contributed by atoms with E-state index in [1.807, 2.05) is 42.5 Å². The summed E-state index contributed by atoms with van der Waals surface area (Å²) < 4.78 is 16.8. The number of benzene rings is 2. The van der Waals surface area contributed by atoms with E-state index >= 15 is 0 Å². The first-order valence-electron chi connectivity index (χ1n) is 9.08. The molecule has 2 aromatic rings. The standard InChI is InChI=1S/C21H21NO5/c1-2-25-21(24)16-12-22(18(23)13-26-14-8-4-3-5-9-14)19-15-10-6-7-11-17(15)27-20(16)19/h3-11,16,19-20H,2,12-13H2,1H3/t16-,19+,20+/m1/s1. The van der Waals surface area contributed by atoms with Crippen molar-refractivity contribution in [2.45, 2.75) is 19.1 Å². The summed E-state index contributed by atoms with van der Waals surface area (Å²) in [6.45, 7) is 2.24. The van der Waals surface area contributed by atoms with Crippen LogP contribution in [0.5, 0.6) is 11.5 Å². The van der Waals surface area contributed by atoms with Crippen molar-refractivity contribution >= 4 is 11.9 Å². The van der Waals surface area contributed by atoms with E-state index in [4.69, 9.17) is 14.2 Å². The lowest BCUT2D eigenvalue weighted by atomic mass is 9.99. The zero-order valence-corrected chi connectivity index (χ0v) is 15.0. The molecule has 0 unspecified atom stereocenters. The average molecular weight is 367 g/mol. The summed E-state index contributed by atoms with van der Waals surface area (Å²) in [6.07, 6.45) is -0.429. The van der Waals surface area contributed by atoms with Crippen molar-refractivity contribution in [2.24, 2.45) is 5.92 Å². The Balaban J connectivity index is 1.55. The molecule has 0 spiro atoms. The first-order valence-corrected chi connectivity index (χ1v) is 9.08. The quantitative estimate of drug-likeness (QED) is 0.760. The Bertz CT molecular complexity index is 837. The van der Waals surface area contributed by atoms with Crippen LogP contribution >= 0.6 is 0 Å². The zero-order valence-electron chi connectivity index (χ0n) is 15.0. The summed E-state index contributed by atoms with van der Waals surface area (Å²) in [4.78, 5) is 27.0. The van der Waals surface area contributed by atoms with Crippen LogP contribution < -0.4 is 9.47 Å². The molecule has 3 atom stereocenters. The van der Waals surface area contributed by atoms with E-state index < -0.39 is 12.0 Å². The number of fused-ring (bicyclic) bond motifs is 3. The second kappa shape index (κ2) is 7.31. The van der Waals surface area contributed by atoms with E-state index in [-0.39, 0.29) is 31.1 Å². The monoisotopic (exact) mass is 367 g/mol. The fourth-order valence-electron chi connectivity index (χ4n) is 3.76. The van der Waals surface area contributed by atoms with Crippen LogP contribution in [0.1, 0.15) is 18.5 Å². The number of hydrogen-bond acceptors (Lipinski definition) is 5. The molecule has 2 heterocycles. The van der Waals surface area contributed by atoms with Gasteiger partial charge in [0.25, 0.3) is 5.91 Å². The van der Waals surface area contributed by atoms with Crippen LogP contribution in [0.15, 0.2) is 54.6 Å². The van der Waals surface area contributed by atoms with Crippen LogP contribution in [0.3, 0.4) is 0 Å². The Morgan fingerprint density at radius 1 is 1.11 bits per heavy atom. The topological polar surface area (TPSA) is 65.1 Å². The van der Waals surface area contributed by atoms with Gasteiger partial charge in [-0.3, -0.25) is 9.59 Å². The highest BCUT2D eigenvalue weighted by Crippen LogP contribution is 2.47. The number of hydrogen-bond donors (Lipinski definition) is 0. The van der Waals surface area contributed by atoms with Gasteiger partial charge in [0.2, 0.25) is 0 Å². The average Bonchev–Trinajstić information content (AvgIpc) is 3.24. The van der Waals surface area contributed by atoms with Gasteiger partial charge in [-0.1, -0.05) is 36.4 Å². The number of para-hydroxylation sites is 2. The molecule has 140 valence electrons. The molecule has 1 saturated heterocycles. The van der Waals surface area contributed by atoms with Crippen molar-refractivity contribution in [2.75, 3.05) is 19.8 Å². The van der Waals surface area contributed by atoms with E-state index in [1.54, 1.807) is 24.0 Å². The predicted octanol–water partition coefficient (Wildman–Crippen LogP) is 2.59. The minimum atomic E-state index is -0.511. The molecule has 0 radical (unpaired) electrons. The number of rotatable bonds is 5. The molecule has 0 N–H and O–H groups in total. The summed E-state index contributed by atoms with van der Waals surface area (Å²) in [7, 11) is 0. The van der Waals surface area contributed by atoms with E-state index in [1.165, 1.54) is 0 Å². The first-order chi connectivity index (χ1) is 13.2. The molecule has 4 rings (SSSR count).